The molecule has 1 aromatic rings. The van der Waals surface area contributed by atoms with Gasteiger partial charge in [-0.25, -0.2) is 4.79 Å². The van der Waals surface area contributed by atoms with Gasteiger partial charge >= 0.3 is 6.09 Å². The second-order valence-corrected chi connectivity index (χ2v) is 6.01. The zero-order valence-corrected chi connectivity index (χ0v) is 11.8. The molecule has 3 N–H and O–H groups in total. The Morgan fingerprint density at radius 2 is 2.32 bits per heavy atom. The lowest BCUT2D eigenvalue weighted by Crippen LogP contribution is -2.42. The summed E-state index contributed by atoms with van der Waals surface area (Å²) >= 11 is 0. The monoisotopic (exact) mass is 266 g/mol. The van der Waals surface area contributed by atoms with Crippen molar-refractivity contribution >= 4 is 11.9 Å². The van der Waals surface area contributed by atoms with Crippen molar-refractivity contribution in [3.05, 3.63) is 11.8 Å². The molecule has 2 rings (SSSR count). The standard InChI is InChI=1S/C13H22N4O2/c1-13(2,3)19-12(18)17-6-4-5-9(8-17)10-7-11(14)16-15-10/h7,9H,4-6,8H2,1-3H3,(H3,14,15,16). The normalized spacial score (nSPS) is 20.4. The summed E-state index contributed by atoms with van der Waals surface area (Å²) in [5.74, 6) is 0.746. The Kier molecular flexibility index (Phi) is 3.68. The second kappa shape index (κ2) is 5.11. The van der Waals surface area contributed by atoms with E-state index in [9.17, 15) is 4.79 Å². The summed E-state index contributed by atoms with van der Waals surface area (Å²) in [5, 5.41) is 6.87. The highest BCUT2D eigenvalue weighted by molar-refractivity contribution is 5.68. The Hall–Kier alpha value is -1.72. The van der Waals surface area contributed by atoms with Gasteiger partial charge < -0.3 is 15.4 Å². The Bertz CT molecular complexity index is 450. The lowest BCUT2D eigenvalue weighted by Gasteiger charge is -2.33. The highest BCUT2D eigenvalue weighted by atomic mass is 16.6. The van der Waals surface area contributed by atoms with Crippen LogP contribution in [0.5, 0.6) is 0 Å². The Balaban J connectivity index is 1.99. The molecular weight excluding hydrogens is 244 g/mol. The predicted octanol–water partition coefficient (Wildman–Crippen LogP) is 2.11. The third-order valence-electron chi connectivity index (χ3n) is 3.13. The number of nitrogens with zero attached hydrogens (tertiary/aromatic N) is 2. The quantitative estimate of drug-likeness (QED) is 0.815. The second-order valence-electron chi connectivity index (χ2n) is 6.01. The van der Waals surface area contributed by atoms with E-state index in [1.54, 1.807) is 4.90 Å². The maximum absolute atomic E-state index is 12.0. The van der Waals surface area contributed by atoms with Gasteiger partial charge in [-0.3, -0.25) is 5.10 Å². The molecule has 0 aliphatic carbocycles. The van der Waals surface area contributed by atoms with Crippen LogP contribution < -0.4 is 5.73 Å². The highest BCUT2D eigenvalue weighted by Gasteiger charge is 2.29. The number of nitrogen functional groups attached to an aromatic ring is 1. The van der Waals surface area contributed by atoms with E-state index in [2.05, 4.69) is 10.2 Å². The van der Waals surface area contributed by atoms with Crippen LogP contribution in [0.3, 0.4) is 0 Å². The van der Waals surface area contributed by atoms with Crippen LogP contribution in [0, 0.1) is 0 Å². The molecule has 1 amide bonds. The first kappa shape index (κ1) is 13.7. The average molecular weight is 266 g/mol. The molecule has 0 radical (unpaired) electrons. The first-order valence-electron chi connectivity index (χ1n) is 6.64. The minimum absolute atomic E-state index is 0.246. The van der Waals surface area contributed by atoms with Crippen LogP contribution in [-0.4, -0.2) is 39.9 Å². The molecule has 106 valence electrons. The van der Waals surface area contributed by atoms with Gasteiger partial charge in [0.15, 0.2) is 0 Å². The summed E-state index contributed by atoms with van der Waals surface area (Å²) in [6.07, 6.45) is 1.74. The van der Waals surface area contributed by atoms with E-state index >= 15 is 0 Å². The van der Waals surface area contributed by atoms with E-state index in [0.717, 1.165) is 25.1 Å². The summed E-state index contributed by atoms with van der Waals surface area (Å²) in [4.78, 5) is 13.8. The molecule has 2 heterocycles. The van der Waals surface area contributed by atoms with Gasteiger partial charge in [0, 0.05) is 30.8 Å². The van der Waals surface area contributed by atoms with E-state index in [1.807, 2.05) is 26.8 Å². The number of carbonyl (C=O) groups is 1. The van der Waals surface area contributed by atoms with Gasteiger partial charge in [0.2, 0.25) is 0 Å². The topological polar surface area (TPSA) is 84.2 Å². The molecule has 1 unspecified atom stereocenters. The van der Waals surface area contributed by atoms with Gasteiger partial charge in [-0.2, -0.15) is 5.10 Å². The lowest BCUT2D eigenvalue weighted by atomic mass is 9.95. The molecule has 0 aromatic carbocycles. The van der Waals surface area contributed by atoms with E-state index in [4.69, 9.17) is 10.5 Å². The maximum Gasteiger partial charge on any atom is 0.410 e. The van der Waals surface area contributed by atoms with E-state index in [-0.39, 0.29) is 12.0 Å². The molecule has 1 aliphatic heterocycles. The minimum Gasteiger partial charge on any atom is -0.444 e. The number of H-pyrrole nitrogens is 1. The highest BCUT2D eigenvalue weighted by Crippen LogP contribution is 2.27. The van der Waals surface area contributed by atoms with Crippen LogP contribution >= 0.6 is 0 Å². The number of nitrogens with one attached hydrogen (secondary N) is 1. The number of carbonyl (C=O) groups excluding carboxylic acids is 1. The molecule has 1 atom stereocenters. The molecule has 1 fully saturated rings. The third kappa shape index (κ3) is 3.62. The number of likely N-dealkylation sites (tertiary alicyclic amines) is 1. The van der Waals surface area contributed by atoms with E-state index in [1.165, 1.54) is 0 Å². The summed E-state index contributed by atoms with van der Waals surface area (Å²) < 4.78 is 5.40. The van der Waals surface area contributed by atoms with Gasteiger partial charge in [-0.1, -0.05) is 0 Å². The number of amides is 1. The zero-order valence-electron chi connectivity index (χ0n) is 11.8. The number of nitrogens with two attached hydrogens (primary N) is 1. The van der Waals surface area contributed by atoms with Gasteiger partial charge in [0.1, 0.15) is 11.4 Å². The lowest BCUT2D eigenvalue weighted by molar-refractivity contribution is 0.0197. The van der Waals surface area contributed by atoms with Crippen molar-refractivity contribution in [1.29, 1.82) is 0 Å². The molecule has 6 nitrogen and oxygen atoms in total. The van der Waals surface area contributed by atoms with Crippen molar-refractivity contribution in [2.45, 2.75) is 45.1 Å². The smallest absolute Gasteiger partial charge is 0.410 e. The van der Waals surface area contributed by atoms with Crippen molar-refractivity contribution in [3.63, 3.8) is 0 Å². The maximum atomic E-state index is 12.0. The molecule has 0 saturated carbocycles. The van der Waals surface area contributed by atoms with Crippen LogP contribution in [0.25, 0.3) is 0 Å². The molecule has 1 aliphatic rings. The van der Waals surface area contributed by atoms with Crippen LogP contribution in [0.4, 0.5) is 10.6 Å². The zero-order chi connectivity index (χ0) is 14.0. The fourth-order valence-electron chi connectivity index (χ4n) is 2.29. The number of hydrogen-bond donors (Lipinski definition) is 2. The molecular formula is C13H22N4O2. The average Bonchev–Trinajstić information content (AvgIpc) is 2.74. The molecule has 0 spiro atoms. The Morgan fingerprint density at radius 3 is 2.89 bits per heavy atom. The van der Waals surface area contributed by atoms with Gasteiger partial charge in [0.05, 0.1) is 0 Å². The van der Waals surface area contributed by atoms with E-state index in [0.29, 0.717) is 12.4 Å². The number of ether oxygens (including phenoxy) is 1. The number of aromatic amines is 1. The van der Waals surface area contributed by atoms with Crippen LogP contribution in [-0.2, 0) is 4.74 Å². The fourth-order valence-corrected chi connectivity index (χ4v) is 2.29. The molecule has 0 bridgehead atoms. The predicted molar refractivity (Wildman–Crippen MR) is 72.8 cm³/mol. The fraction of sp³-hybridized carbons (Fsp3) is 0.692. The number of hydrogen-bond acceptors (Lipinski definition) is 4. The molecule has 1 aromatic heterocycles. The van der Waals surface area contributed by atoms with Crippen molar-refractivity contribution in [2.75, 3.05) is 18.8 Å². The summed E-state index contributed by atoms with van der Waals surface area (Å²) in [7, 11) is 0. The number of aromatic nitrogens is 2. The minimum atomic E-state index is -0.456. The molecule has 19 heavy (non-hydrogen) atoms. The van der Waals surface area contributed by atoms with Gasteiger partial charge in [-0.15, -0.1) is 0 Å². The van der Waals surface area contributed by atoms with Gasteiger partial charge in [0.25, 0.3) is 0 Å². The van der Waals surface area contributed by atoms with Crippen molar-refractivity contribution in [2.24, 2.45) is 0 Å². The number of piperidine rings is 1. The van der Waals surface area contributed by atoms with Crippen LogP contribution in [0.15, 0.2) is 6.07 Å². The number of anilines is 1. The van der Waals surface area contributed by atoms with Crippen molar-refractivity contribution in [1.82, 2.24) is 15.1 Å². The van der Waals surface area contributed by atoms with E-state index < -0.39 is 5.60 Å². The molecule has 6 heteroatoms. The Morgan fingerprint density at radius 1 is 1.58 bits per heavy atom. The van der Waals surface area contributed by atoms with Crippen molar-refractivity contribution in [3.8, 4) is 0 Å². The summed E-state index contributed by atoms with van der Waals surface area (Å²) in [6.45, 7) is 7.03. The molecule has 1 saturated heterocycles. The van der Waals surface area contributed by atoms with Crippen molar-refractivity contribution < 1.29 is 9.53 Å². The van der Waals surface area contributed by atoms with Crippen LogP contribution in [0.2, 0.25) is 0 Å². The third-order valence-corrected chi connectivity index (χ3v) is 3.13. The Labute approximate surface area is 113 Å². The largest absolute Gasteiger partial charge is 0.444 e. The first-order chi connectivity index (χ1) is 8.85. The summed E-state index contributed by atoms with van der Waals surface area (Å²) in [6, 6.07) is 1.84. The van der Waals surface area contributed by atoms with Crippen LogP contribution in [0.1, 0.15) is 45.2 Å². The van der Waals surface area contributed by atoms with Gasteiger partial charge in [-0.05, 0) is 33.6 Å². The SMILES string of the molecule is CC(C)(C)OC(=O)N1CCCC(c2cc(N)n[nH]2)C1. The first-order valence-corrected chi connectivity index (χ1v) is 6.64. The summed E-state index contributed by atoms with van der Waals surface area (Å²) in [5.41, 5.74) is 6.15. The number of rotatable bonds is 1.